The van der Waals surface area contributed by atoms with Crippen molar-refractivity contribution in [1.82, 2.24) is 14.5 Å². The Morgan fingerprint density at radius 2 is 1.79 bits per heavy atom. The van der Waals surface area contributed by atoms with Crippen LogP contribution in [0.15, 0.2) is 58.5 Å². The van der Waals surface area contributed by atoms with E-state index in [1.165, 1.54) is 11.8 Å². The average molecular weight is 412 g/mol. The van der Waals surface area contributed by atoms with Crippen molar-refractivity contribution >= 4 is 28.6 Å². The first-order valence-electron chi connectivity index (χ1n) is 9.61. The molecule has 29 heavy (non-hydrogen) atoms. The molecule has 152 valence electrons. The molecule has 0 saturated carbocycles. The number of hydrogen-bond donors (Lipinski definition) is 0. The van der Waals surface area contributed by atoms with Crippen LogP contribution < -0.4 is 10.3 Å². The number of nitrogens with zero attached hydrogens (tertiary/aromatic N) is 3. The molecule has 3 rings (SSSR count). The number of benzene rings is 2. The van der Waals surface area contributed by atoms with Crippen LogP contribution in [-0.4, -0.2) is 45.8 Å². The van der Waals surface area contributed by atoms with Crippen molar-refractivity contribution in [2.24, 2.45) is 0 Å². The van der Waals surface area contributed by atoms with Gasteiger partial charge in [0.05, 0.1) is 29.0 Å². The number of carbonyl (C=O) groups excluding carboxylic acids is 1. The Morgan fingerprint density at radius 1 is 1.14 bits per heavy atom. The Morgan fingerprint density at radius 3 is 2.41 bits per heavy atom. The molecule has 0 saturated heterocycles. The Kier molecular flexibility index (Phi) is 6.59. The number of hydrogen-bond acceptors (Lipinski definition) is 5. The van der Waals surface area contributed by atoms with Gasteiger partial charge in [-0.05, 0) is 57.2 Å². The lowest BCUT2D eigenvalue weighted by molar-refractivity contribution is -0.129. The maximum Gasteiger partial charge on any atom is 0.266 e. The van der Waals surface area contributed by atoms with Crippen molar-refractivity contribution in [2.75, 3.05) is 20.2 Å². The summed E-state index contributed by atoms with van der Waals surface area (Å²) in [5.74, 6) is 0.735. The van der Waals surface area contributed by atoms with E-state index in [9.17, 15) is 9.59 Å². The van der Waals surface area contributed by atoms with E-state index in [1.807, 2.05) is 51.1 Å². The second-order valence-electron chi connectivity index (χ2n) is 6.52. The first-order valence-corrected chi connectivity index (χ1v) is 10.5. The van der Waals surface area contributed by atoms with E-state index in [2.05, 4.69) is 0 Å². The number of carbonyl (C=O) groups is 1. The van der Waals surface area contributed by atoms with Crippen molar-refractivity contribution in [2.45, 2.75) is 31.2 Å². The second kappa shape index (κ2) is 9.13. The number of thioether (sulfide) groups is 1. The predicted molar refractivity (Wildman–Crippen MR) is 117 cm³/mol. The summed E-state index contributed by atoms with van der Waals surface area (Å²) in [5, 5.41) is 0.662. The zero-order chi connectivity index (χ0) is 21.0. The summed E-state index contributed by atoms with van der Waals surface area (Å²) in [6.07, 6.45) is 0. The molecular weight excluding hydrogens is 386 g/mol. The molecule has 0 spiro atoms. The standard InChI is InChI=1S/C22H25N3O3S/c1-5-24(6-2)20(26)15(3)29-22-23-19-10-8-7-9-18(19)21(27)25(22)16-11-13-17(28-4)14-12-16/h7-15H,5-6H2,1-4H3/t15-/m0/s1. The third-order valence-corrected chi connectivity index (χ3v) is 5.82. The monoisotopic (exact) mass is 411 g/mol. The number of methoxy groups -OCH3 is 1. The third-order valence-electron chi connectivity index (χ3n) is 4.78. The second-order valence-corrected chi connectivity index (χ2v) is 7.83. The van der Waals surface area contributed by atoms with Gasteiger partial charge in [0.15, 0.2) is 5.16 Å². The summed E-state index contributed by atoms with van der Waals surface area (Å²) in [6.45, 7) is 7.07. The molecule has 1 atom stereocenters. The predicted octanol–water partition coefficient (Wildman–Crippen LogP) is 3.74. The van der Waals surface area contributed by atoms with Crippen LogP contribution >= 0.6 is 11.8 Å². The van der Waals surface area contributed by atoms with Gasteiger partial charge in [0.1, 0.15) is 5.75 Å². The van der Waals surface area contributed by atoms with E-state index >= 15 is 0 Å². The number of ether oxygens (including phenoxy) is 1. The Hall–Kier alpha value is -2.80. The minimum atomic E-state index is -0.368. The SMILES string of the molecule is CCN(CC)C(=O)[C@H](C)Sc1nc2ccccc2c(=O)n1-c1ccc(OC)cc1. The maximum absolute atomic E-state index is 13.3. The van der Waals surface area contributed by atoms with Gasteiger partial charge >= 0.3 is 0 Å². The molecule has 0 radical (unpaired) electrons. The van der Waals surface area contributed by atoms with E-state index in [-0.39, 0.29) is 16.7 Å². The van der Waals surface area contributed by atoms with Gasteiger partial charge in [-0.25, -0.2) is 4.98 Å². The quantitative estimate of drug-likeness (QED) is 0.438. The number of fused-ring (bicyclic) bond motifs is 1. The molecule has 0 aliphatic heterocycles. The van der Waals surface area contributed by atoms with Gasteiger partial charge in [-0.3, -0.25) is 14.2 Å². The minimum Gasteiger partial charge on any atom is -0.497 e. The molecule has 7 heteroatoms. The highest BCUT2D eigenvalue weighted by atomic mass is 32.2. The summed E-state index contributed by atoms with van der Waals surface area (Å²) in [4.78, 5) is 32.5. The minimum absolute atomic E-state index is 0.0312. The zero-order valence-electron chi connectivity index (χ0n) is 17.1. The van der Waals surface area contributed by atoms with Crippen molar-refractivity contribution < 1.29 is 9.53 Å². The zero-order valence-corrected chi connectivity index (χ0v) is 17.9. The lowest BCUT2D eigenvalue weighted by atomic mass is 10.2. The molecule has 0 fully saturated rings. The number of rotatable bonds is 7. The van der Waals surface area contributed by atoms with E-state index in [4.69, 9.17) is 9.72 Å². The normalized spacial score (nSPS) is 12.0. The van der Waals surface area contributed by atoms with Gasteiger partial charge in [-0.1, -0.05) is 23.9 Å². The van der Waals surface area contributed by atoms with Crippen LogP contribution in [0.5, 0.6) is 5.75 Å². The van der Waals surface area contributed by atoms with Crippen molar-refractivity contribution in [3.05, 3.63) is 58.9 Å². The number of aromatic nitrogens is 2. The molecule has 2 aromatic carbocycles. The van der Waals surface area contributed by atoms with Gasteiger partial charge in [-0.15, -0.1) is 0 Å². The van der Waals surface area contributed by atoms with Gasteiger partial charge < -0.3 is 9.64 Å². The van der Waals surface area contributed by atoms with Crippen molar-refractivity contribution in [1.29, 1.82) is 0 Å². The summed E-state index contributed by atoms with van der Waals surface area (Å²) in [5.41, 5.74) is 1.14. The first-order chi connectivity index (χ1) is 14.0. The van der Waals surface area contributed by atoms with Gasteiger partial charge in [0, 0.05) is 13.1 Å². The highest BCUT2D eigenvalue weighted by Gasteiger charge is 2.23. The van der Waals surface area contributed by atoms with E-state index < -0.39 is 0 Å². The average Bonchev–Trinajstić information content (AvgIpc) is 2.75. The van der Waals surface area contributed by atoms with Crippen LogP contribution in [-0.2, 0) is 4.79 Å². The van der Waals surface area contributed by atoms with Gasteiger partial charge in [-0.2, -0.15) is 0 Å². The Bertz CT molecular complexity index is 1060. The smallest absolute Gasteiger partial charge is 0.266 e. The summed E-state index contributed by atoms with van der Waals surface area (Å²) in [7, 11) is 1.60. The van der Waals surface area contributed by atoms with Crippen LogP contribution in [0.2, 0.25) is 0 Å². The fourth-order valence-corrected chi connectivity index (χ4v) is 4.16. The molecule has 0 N–H and O–H groups in total. The molecular formula is C22H25N3O3S. The topological polar surface area (TPSA) is 64.4 Å². The first kappa shape index (κ1) is 20.9. The lowest BCUT2D eigenvalue weighted by Crippen LogP contribution is -2.36. The lowest BCUT2D eigenvalue weighted by Gasteiger charge is -2.23. The van der Waals surface area contributed by atoms with E-state index in [1.54, 1.807) is 34.8 Å². The molecule has 3 aromatic rings. The summed E-state index contributed by atoms with van der Waals surface area (Å²) in [6, 6.07) is 14.5. The Labute approximate surface area is 174 Å². The third kappa shape index (κ3) is 4.29. The molecule has 1 amide bonds. The molecule has 0 bridgehead atoms. The van der Waals surface area contributed by atoms with Crippen LogP contribution in [0.1, 0.15) is 20.8 Å². The van der Waals surface area contributed by atoms with Crippen molar-refractivity contribution in [3.8, 4) is 11.4 Å². The van der Waals surface area contributed by atoms with Crippen LogP contribution in [0.25, 0.3) is 16.6 Å². The van der Waals surface area contributed by atoms with Crippen LogP contribution in [0, 0.1) is 0 Å². The largest absolute Gasteiger partial charge is 0.497 e. The molecule has 0 aliphatic rings. The molecule has 1 heterocycles. The molecule has 0 unspecified atom stereocenters. The van der Waals surface area contributed by atoms with E-state index in [0.717, 1.165) is 0 Å². The summed E-state index contributed by atoms with van der Waals surface area (Å²) < 4.78 is 6.79. The molecule has 0 aliphatic carbocycles. The summed E-state index contributed by atoms with van der Waals surface area (Å²) >= 11 is 1.30. The number of amides is 1. The van der Waals surface area contributed by atoms with Gasteiger partial charge in [0.25, 0.3) is 5.56 Å². The Balaban J connectivity index is 2.11. The molecule has 1 aromatic heterocycles. The van der Waals surface area contributed by atoms with Crippen molar-refractivity contribution in [3.63, 3.8) is 0 Å². The fourth-order valence-electron chi connectivity index (χ4n) is 3.15. The highest BCUT2D eigenvalue weighted by Crippen LogP contribution is 2.26. The van der Waals surface area contributed by atoms with Crippen LogP contribution in [0.3, 0.4) is 0 Å². The van der Waals surface area contributed by atoms with Crippen LogP contribution in [0.4, 0.5) is 0 Å². The highest BCUT2D eigenvalue weighted by molar-refractivity contribution is 8.00. The van der Waals surface area contributed by atoms with Gasteiger partial charge in [0.2, 0.25) is 5.91 Å². The maximum atomic E-state index is 13.3. The van der Waals surface area contributed by atoms with E-state index in [0.29, 0.717) is 40.6 Å². The fraction of sp³-hybridized carbons (Fsp3) is 0.318. The molecule has 6 nitrogen and oxygen atoms in total. The number of para-hydroxylation sites is 1.